The standard InChI is InChI=1S/C7H10N2O/c1-2-5-3-4-6(9-5)7(8)10/h1,5-6,9H,3-4H2,(H2,8,10). The summed E-state index contributed by atoms with van der Waals surface area (Å²) in [5, 5.41) is 2.93. The lowest BCUT2D eigenvalue weighted by molar-refractivity contribution is -0.119. The van der Waals surface area contributed by atoms with Crippen molar-refractivity contribution in [2.24, 2.45) is 5.73 Å². The first-order chi connectivity index (χ1) is 4.74. The Bertz CT molecular complexity index is 183. The van der Waals surface area contributed by atoms with E-state index in [-0.39, 0.29) is 18.0 Å². The van der Waals surface area contributed by atoms with Gasteiger partial charge < -0.3 is 5.73 Å². The Morgan fingerprint density at radius 3 is 2.70 bits per heavy atom. The lowest BCUT2D eigenvalue weighted by Crippen LogP contribution is -2.39. The number of terminal acetylenes is 1. The molecule has 0 aromatic rings. The highest BCUT2D eigenvalue weighted by atomic mass is 16.1. The average molecular weight is 138 g/mol. The van der Waals surface area contributed by atoms with E-state index in [0.717, 1.165) is 12.8 Å². The predicted octanol–water partition coefficient (Wildman–Crippen LogP) is -0.774. The van der Waals surface area contributed by atoms with Gasteiger partial charge in [0.15, 0.2) is 0 Å². The monoisotopic (exact) mass is 138 g/mol. The van der Waals surface area contributed by atoms with Crippen LogP contribution in [0.1, 0.15) is 12.8 Å². The molecule has 3 N–H and O–H groups in total. The van der Waals surface area contributed by atoms with Gasteiger partial charge >= 0.3 is 0 Å². The van der Waals surface area contributed by atoms with E-state index in [1.54, 1.807) is 0 Å². The van der Waals surface area contributed by atoms with Crippen LogP contribution in [-0.4, -0.2) is 18.0 Å². The lowest BCUT2D eigenvalue weighted by atomic mass is 10.2. The highest BCUT2D eigenvalue weighted by Gasteiger charge is 2.25. The van der Waals surface area contributed by atoms with Gasteiger partial charge in [0.05, 0.1) is 12.1 Å². The molecule has 1 fully saturated rings. The number of amides is 1. The van der Waals surface area contributed by atoms with Gasteiger partial charge in [0.1, 0.15) is 0 Å². The van der Waals surface area contributed by atoms with Crippen LogP contribution in [0.3, 0.4) is 0 Å². The summed E-state index contributed by atoms with van der Waals surface area (Å²) in [4.78, 5) is 10.6. The quantitative estimate of drug-likeness (QED) is 0.467. The SMILES string of the molecule is C#CC1CCC(C(N)=O)N1. The number of rotatable bonds is 1. The molecule has 2 atom stereocenters. The third kappa shape index (κ3) is 1.28. The molecule has 3 heteroatoms. The fourth-order valence-electron chi connectivity index (χ4n) is 1.10. The molecule has 10 heavy (non-hydrogen) atoms. The van der Waals surface area contributed by atoms with Crippen molar-refractivity contribution in [3.05, 3.63) is 0 Å². The topological polar surface area (TPSA) is 55.1 Å². The van der Waals surface area contributed by atoms with E-state index in [1.165, 1.54) is 0 Å². The molecule has 0 aromatic heterocycles. The van der Waals surface area contributed by atoms with Gasteiger partial charge in [0.25, 0.3) is 0 Å². The molecule has 1 saturated heterocycles. The Kier molecular flexibility index (Phi) is 1.93. The molecule has 0 aromatic carbocycles. The lowest BCUT2D eigenvalue weighted by Gasteiger charge is -2.04. The zero-order valence-electron chi connectivity index (χ0n) is 5.63. The van der Waals surface area contributed by atoms with Crippen molar-refractivity contribution in [2.45, 2.75) is 24.9 Å². The van der Waals surface area contributed by atoms with Gasteiger partial charge in [-0.3, -0.25) is 10.1 Å². The fraction of sp³-hybridized carbons (Fsp3) is 0.571. The van der Waals surface area contributed by atoms with E-state index in [4.69, 9.17) is 12.2 Å². The van der Waals surface area contributed by atoms with Crippen LogP contribution in [0.2, 0.25) is 0 Å². The summed E-state index contributed by atoms with van der Waals surface area (Å²) in [5.41, 5.74) is 5.04. The van der Waals surface area contributed by atoms with Gasteiger partial charge in [-0.25, -0.2) is 0 Å². The number of carbonyl (C=O) groups excluding carboxylic acids is 1. The molecule has 1 amide bonds. The minimum atomic E-state index is -0.308. The maximum Gasteiger partial charge on any atom is 0.234 e. The van der Waals surface area contributed by atoms with Crippen LogP contribution in [0.25, 0.3) is 0 Å². The van der Waals surface area contributed by atoms with E-state index in [1.807, 2.05) is 0 Å². The van der Waals surface area contributed by atoms with Crippen molar-refractivity contribution < 1.29 is 4.79 Å². The Morgan fingerprint density at radius 2 is 2.40 bits per heavy atom. The molecule has 2 unspecified atom stereocenters. The van der Waals surface area contributed by atoms with Gasteiger partial charge in [-0.1, -0.05) is 5.92 Å². The van der Waals surface area contributed by atoms with E-state index in [0.29, 0.717) is 0 Å². The Morgan fingerprint density at radius 1 is 1.70 bits per heavy atom. The Balaban J connectivity index is 2.45. The van der Waals surface area contributed by atoms with Crippen LogP contribution in [0.15, 0.2) is 0 Å². The van der Waals surface area contributed by atoms with Crippen molar-refractivity contribution in [3.63, 3.8) is 0 Å². The summed E-state index contributed by atoms with van der Waals surface area (Å²) in [5.74, 6) is 2.22. The number of hydrogen-bond acceptors (Lipinski definition) is 2. The van der Waals surface area contributed by atoms with Crippen molar-refractivity contribution in [1.29, 1.82) is 0 Å². The molecule has 54 valence electrons. The largest absolute Gasteiger partial charge is 0.368 e. The first-order valence-corrected chi connectivity index (χ1v) is 3.25. The van der Waals surface area contributed by atoms with Crippen molar-refractivity contribution >= 4 is 5.91 Å². The molecule has 3 nitrogen and oxygen atoms in total. The Labute approximate surface area is 60.0 Å². The van der Waals surface area contributed by atoms with Crippen LogP contribution >= 0.6 is 0 Å². The van der Waals surface area contributed by atoms with Crippen molar-refractivity contribution in [2.75, 3.05) is 0 Å². The third-order valence-electron chi connectivity index (χ3n) is 1.69. The summed E-state index contributed by atoms with van der Waals surface area (Å²) in [7, 11) is 0. The first kappa shape index (κ1) is 7.10. The van der Waals surface area contributed by atoms with E-state index < -0.39 is 0 Å². The maximum absolute atomic E-state index is 10.6. The van der Waals surface area contributed by atoms with Crippen LogP contribution in [0.4, 0.5) is 0 Å². The van der Waals surface area contributed by atoms with Crippen LogP contribution in [0.5, 0.6) is 0 Å². The molecule has 1 aliphatic rings. The zero-order valence-corrected chi connectivity index (χ0v) is 5.63. The van der Waals surface area contributed by atoms with Crippen LogP contribution in [-0.2, 0) is 4.79 Å². The molecule has 0 saturated carbocycles. The average Bonchev–Trinajstić information content (AvgIpc) is 2.34. The highest BCUT2D eigenvalue weighted by molar-refractivity contribution is 5.80. The molecular formula is C7H10N2O. The molecule has 1 rings (SSSR count). The molecular weight excluding hydrogens is 128 g/mol. The summed E-state index contributed by atoms with van der Waals surface area (Å²) < 4.78 is 0. The van der Waals surface area contributed by atoms with Crippen molar-refractivity contribution in [1.82, 2.24) is 5.32 Å². The van der Waals surface area contributed by atoms with E-state index >= 15 is 0 Å². The number of primary amides is 1. The first-order valence-electron chi connectivity index (χ1n) is 3.25. The second kappa shape index (κ2) is 2.72. The van der Waals surface area contributed by atoms with E-state index in [2.05, 4.69) is 11.2 Å². The summed E-state index contributed by atoms with van der Waals surface area (Å²) in [6.07, 6.45) is 6.75. The summed E-state index contributed by atoms with van der Waals surface area (Å²) in [6, 6.07) is -0.168. The third-order valence-corrected chi connectivity index (χ3v) is 1.69. The van der Waals surface area contributed by atoms with Crippen LogP contribution < -0.4 is 11.1 Å². The summed E-state index contributed by atoms with van der Waals surface area (Å²) >= 11 is 0. The maximum atomic E-state index is 10.6. The van der Waals surface area contributed by atoms with Gasteiger partial charge in [-0.15, -0.1) is 6.42 Å². The van der Waals surface area contributed by atoms with Crippen molar-refractivity contribution in [3.8, 4) is 12.3 Å². The smallest absolute Gasteiger partial charge is 0.234 e. The molecule has 0 bridgehead atoms. The van der Waals surface area contributed by atoms with Gasteiger partial charge in [-0.05, 0) is 12.8 Å². The second-order valence-electron chi connectivity index (χ2n) is 2.42. The normalized spacial score (nSPS) is 31.5. The summed E-state index contributed by atoms with van der Waals surface area (Å²) in [6.45, 7) is 0. The van der Waals surface area contributed by atoms with Gasteiger partial charge in [-0.2, -0.15) is 0 Å². The number of nitrogens with two attached hydrogens (primary N) is 1. The molecule has 1 aliphatic heterocycles. The fourth-order valence-corrected chi connectivity index (χ4v) is 1.10. The molecule has 0 aliphatic carbocycles. The zero-order chi connectivity index (χ0) is 7.56. The number of nitrogens with one attached hydrogen (secondary N) is 1. The molecule has 0 spiro atoms. The van der Waals surface area contributed by atoms with Gasteiger partial charge in [0.2, 0.25) is 5.91 Å². The van der Waals surface area contributed by atoms with E-state index in [9.17, 15) is 4.79 Å². The Hall–Kier alpha value is -1.01. The second-order valence-corrected chi connectivity index (χ2v) is 2.42. The molecule has 0 radical (unpaired) electrons. The number of hydrogen-bond donors (Lipinski definition) is 2. The predicted molar refractivity (Wildman–Crippen MR) is 38.0 cm³/mol. The highest BCUT2D eigenvalue weighted by Crippen LogP contribution is 2.10. The number of carbonyl (C=O) groups is 1. The minimum Gasteiger partial charge on any atom is -0.368 e. The molecule has 1 heterocycles. The minimum absolute atomic E-state index is 0.0394. The van der Waals surface area contributed by atoms with Crippen LogP contribution in [0, 0.1) is 12.3 Å². The van der Waals surface area contributed by atoms with Gasteiger partial charge in [0, 0.05) is 0 Å².